The molecule has 6 heteroatoms. The molecule has 0 saturated carbocycles. The van der Waals surface area contributed by atoms with Crippen LogP contribution in [0.15, 0.2) is 88.1 Å². The Morgan fingerprint density at radius 1 is 0.871 bits per heavy atom. The highest BCUT2D eigenvalue weighted by atomic mass is 16.5. The van der Waals surface area contributed by atoms with Gasteiger partial charge in [-0.3, -0.25) is 0 Å². The number of phenols is 2. The zero-order valence-electron chi connectivity index (χ0n) is 16.5. The van der Waals surface area contributed by atoms with E-state index in [0.717, 1.165) is 11.1 Å². The number of carbonyl (C=O) groups is 1. The smallest absolute Gasteiger partial charge is 0.351 e. The normalized spacial score (nSPS) is 11.0. The highest BCUT2D eigenvalue weighted by Gasteiger charge is 2.18. The van der Waals surface area contributed by atoms with Crippen molar-refractivity contribution in [3.05, 3.63) is 106 Å². The largest absolute Gasteiger partial charge is 0.508 e. The van der Waals surface area contributed by atoms with Crippen LogP contribution in [-0.2, 0) is 4.74 Å². The van der Waals surface area contributed by atoms with Crippen LogP contribution in [0, 0.1) is 0 Å². The van der Waals surface area contributed by atoms with Crippen molar-refractivity contribution in [3.63, 3.8) is 0 Å². The van der Waals surface area contributed by atoms with Gasteiger partial charge in [0.05, 0.1) is 6.61 Å². The van der Waals surface area contributed by atoms with Crippen molar-refractivity contribution in [2.75, 3.05) is 6.61 Å². The summed E-state index contributed by atoms with van der Waals surface area (Å²) in [5, 5.41) is 19.8. The molecule has 0 bridgehead atoms. The highest BCUT2D eigenvalue weighted by Crippen LogP contribution is 2.30. The van der Waals surface area contributed by atoms with Crippen LogP contribution in [0.1, 0.15) is 33.8 Å². The zero-order valence-corrected chi connectivity index (χ0v) is 16.5. The lowest BCUT2D eigenvalue weighted by Gasteiger charge is -2.18. The molecule has 3 aromatic carbocycles. The van der Waals surface area contributed by atoms with Gasteiger partial charge in [0.15, 0.2) is 0 Å². The zero-order chi connectivity index (χ0) is 21.8. The average Bonchev–Trinajstić information content (AvgIpc) is 2.78. The van der Waals surface area contributed by atoms with Crippen LogP contribution in [-0.4, -0.2) is 22.8 Å². The van der Waals surface area contributed by atoms with E-state index in [9.17, 15) is 19.8 Å². The number of hydrogen-bond acceptors (Lipinski definition) is 6. The Morgan fingerprint density at radius 2 is 1.45 bits per heavy atom. The summed E-state index contributed by atoms with van der Waals surface area (Å²) in [5.74, 6) is -0.568. The number of esters is 1. The maximum atomic E-state index is 12.5. The van der Waals surface area contributed by atoms with Gasteiger partial charge in [-0.15, -0.1) is 0 Å². The number of hydrogen-bond donors (Lipinski definition) is 2. The van der Waals surface area contributed by atoms with E-state index in [0.29, 0.717) is 17.4 Å². The van der Waals surface area contributed by atoms with Crippen LogP contribution in [0.3, 0.4) is 0 Å². The van der Waals surface area contributed by atoms with Gasteiger partial charge in [-0.1, -0.05) is 42.5 Å². The van der Waals surface area contributed by atoms with Crippen molar-refractivity contribution in [2.45, 2.75) is 12.3 Å². The average molecular weight is 416 g/mol. The van der Waals surface area contributed by atoms with E-state index in [1.807, 2.05) is 0 Å². The molecule has 0 unspecified atom stereocenters. The number of phenolic OH excluding ortho intramolecular Hbond substituents is 2. The molecule has 4 aromatic rings. The second kappa shape index (κ2) is 8.75. The van der Waals surface area contributed by atoms with Gasteiger partial charge in [0.2, 0.25) is 0 Å². The summed E-state index contributed by atoms with van der Waals surface area (Å²) >= 11 is 0. The fourth-order valence-corrected chi connectivity index (χ4v) is 3.49. The topological polar surface area (TPSA) is 97.0 Å². The first-order valence-corrected chi connectivity index (χ1v) is 9.79. The van der Waals surface area contributed by atoms with E-state index in [1.54, 1.807) is 72.8 Å². The molecule has 0 saturated heterocycles. The first-order valence-electron chi connectivity index (χ1n) is 9.79. The summed E-state index contributed by atoms with van der Waals surface area (Å²) in [4.78, 5) is 24.7. The van der Waals surface area contributed by atoms with Crippen LogP contribution in [0.2, 0.25) is 0 Å². The SMILES string of the molecule is O=C(OCCC(c1ccc(O)cc1)c1ccc(O)cc1)c1cc2ccccc2oc1=O. The Kier molecular flexibility index (Phi) is 5.71. The van der Waals surface area contributed by atoms with Gasteiger partial charge in [0.25, 0.3) is 0 Å². The fourth-order valence-electron chi connectivity index (χ4n) is 3.49. The molecule has 4 rings (SSSR count). The molecule has 0 atom stereocenters. The summed E-state index contributed by atoms with van der Waals surface area (Å²) < 4.78 is 10.6. The minimum atomic E-state index is -0.741. The lowest BCUT2D eigenvalue weighted by Crippen LogP contribution is -2.18. The lowest BCUT2D eigenvalue weighted by atomic mass is 9.89. The Hall–Kier alpha value is -4.06. The van der Waals surface area contributed by atoms with Crippen molar-refractivity contribution in [3.8, 4) is 11.5 Å². The fraction of sp³-hybridized carbons (Fsp3) is 0.120. The van der Waals surface area contributed by atoms with Crippen molar-refractivity contribution >= 4 is 16.9 Å². The second-order valence-electron chi connectivity index (χ2n) is 7.15. The molecular formula is C25H20O6. The molecule has 1 heterocycles. The van der Waals surface area contributed by atoms with Gasteiger partial charge in [0, 0.05) is 11.3 Å². The number of ether oxygens (including phenoxy) is 1. The van der Waals surface area contributed by atoms with E-state index in [4.69, 9.17) is 9.15 Å². The molecule has 0 aliphatic carbocycles. The molecule has 0 aliphatic heterocycles. The first-order chi connectivity index (χ1) is 15.0. The number of benzene rings is 3. The minimum absolute atomic E-state index is 0.0670. The van der Waals surface area contributed by atoms with E-state index in [2.05, 4.69) is 0 Å². The van der Waals surface area contributed by atoms with Gasteiger partial charge in [-0.05, 0) is 53.9 Å². The second-order valence-corrected chi connectivity index (χ2v) is 7.15. The summed E-state index contributed by atoms with van der Waals surface area (Å²) in [6.07, 6.45) is 0.445. The predicted molar refractivity (Wildman–Crippen MR) is 115 cm³/mol. The Morgan fingerprint density at radius 3 is 2.06 bits per heavy atom. The summed E-state index contributed by atoms with van der Waals surface area (Å²) in [6.45, 7) is 0.0670. The van der Waals surface area contributed by atoms with Crippen molar-refractivity contribution < 1.29 is 24.2 Å². The number of aromatic hydroxyl groups is 2. The van der Waals surface area contributed by atoms with Gasteiger partial charge in [0.1, 0.15) is 22.6 Å². The van der Waals surface area contributed by atoms with E-state index in [-0.39, 0.29) is 29.6 Å². The van der Waals surface area contributed by atoms with Gasteiger partial charge >= 0.3 is 11.6 Å². The number of fused-ring (bicyclic) bond motifs is 1. The molecule has 0 fully saturated rings. The van der Waals surface area contributed by atoms with Crippen LogP contribution in [0.4, 0.5) is 0 Å². The van der Waals surface area contributed by atoms with Crippen LogP contribution in [0.5, 0.6) is 11.5 Å². The molecule has 0 amide bonds. The first kappa shape index (κ1) is 20.2. The highest BCUT2D eigenvalue weighted by molar-refractivity contribution is 5.92. The van der Waals surface area contributed by atoms with Crippen molar-refractivity contribution in [2.24, 2.45) is 0 Å². The quantitative estimate of drug-likeness (QED) is 0.353. The van der Waals surface area contributed by atoms with Crippen LogP contribution in [0.25, 0.3) is 11.0 Å². The molecule has 31 heavy (non-hydrogen) atoms. The number of carbonyl (C=O) groups excluding carboxylic acids is 1. The predicted octanol–water partition coefficient (Wildman–Crippen LogP) is 4.58. The Labute approximate surface area is 178 Å². The molecule has 6 nitrogen and oxygen atoms in total. The van der Waals surface area contributed by atoms with Gasteiger partial charge in [-0.2, -0.15) is 0 Å². The van der Waals surface area contributed by atoms with Crippen LogP contribution < -0.4 is 5.63 Å². The maximum absolute atomic E-state index is 12.5. The van der Waals surface area contributed by atoms with Crippen molar-refractivity contribution in [1.29, 1.82) is 0 Å². The molecule has 0 aliphatic rings. The monoisotopic (exact) mass is 416 g/mol. The molecule has 0 radical (unpaired) electrons. The summed E-state index contributed by atoms with van der Waals surface area (Å²) in [6, 6.07) is 22.0. The molecule has 156 valence electrons. The molecule has 2 N–H and O–H groups in total. The molecular weight excluding hydrogens is 396 g/mol. The van der Waals surface area contributed by atoms with Crippen LogP contribution >= 0.6 is 0 Å². The third kappa shape index (κ3) is 4.59. The summed E-state index contributed by atoms with van der Waals surface area (Å²) in [7, 11) is 0. The molecule has 1 aromatic heterocycles. The van der Waals surface area contributed by atoms with Gasteiger partial charge in [-0.25, -0.2) is 9.59 Å². The van der Waals surface area contributed by atoms with Gasteiger partial charge < -0.3 is 19.4 Å². The third-order valence-corrected chi connectivity index (χ3v) is 5.09. The number of rotatable bonds is 6. The standard InChI is InChI=1S/C25H20O6/c26-19-9-5-16(6-10-19)21(17-7-11-20(27)12-8-17)13-14-30-24(28)22-15-18-3-1-2-4-23(18)31-25(22)29/h1-12,15,21,26-27H,13-14H2. The van der Waals surface area contributed by atoms with E-state index < -0.39 is 11.6 Å². The van der Waals surface area contributed by atoms with Crippen molar-refractivity contribution in [1.82, 2.24) is 0 Å². The minimum Gasteiger partial charge on any atom is -0.508 e. The Bertz CT molecular complexity index is 1210. The number of para-hydroxylation sites is 1. The molecule has 0 spiro atoms. The Balaban J connectivity index is 1.51. The van der Waals surface area contributed by atoms with E-state index in [1.165, 1.54) is 6.07 Å². The lowest BCUT2D eigenvalue weighted by molar-refractivity contribution is 0.0491. The summed E-state index contributed by atoms with van der Waals surface area (Å²) in [5.41, 5.74) is 1.36. The maximum Gasteiger partial charge on any atom is 0.351 e. The third-order valence-electron chi connectivity index (χ3n) is 5.09. The van der Waals surface area contributed by atoms with E-state index >= 15 is 0 Å².